The third-order valence-electron chi connectivity index (χ3n) is 9.51. The number of allylic oxidation sites excluding steroid dienone is 1. The minimum Gasteiger partial charge on any atom is -0.462 e. The number of ether oxygens (including phenoxy) is 2. The van der Waals surface area contributed by atoms with Crippen LogP contribution in [0.3, 0.4) is 0 Å². The highest BCUT2D eigenvalue weighted by Gasteiger charge is 2.78. The smallest absolute Gasteiger partial charge is 0.302 e. The molecule has 5 rings (SSSR count). The first-order chi connectivity index (χ1) is 13.3. The highest BCUT2D eigenvalue weighted by molar-refractivity contribution is 5.94. The van der Waals surface area contributed by atoms with Crippen molar-refractivity contribution in [2.24, 2.45) is 33.7 Å². The number of fused-ring (bicyclic) bond motifs is 7. The number of hydrogen-bond donors (Lipinski definition) is 1. The number of rotatable bonds is 2. The lowest BCUT2D eigenvalue weighted by Crippen LogP contribution is -2.54. The lowest BCUT2D eigenvalue weighted by Gasteiger charge is -2.58. The van der Waals surface area contributed by atoms with Crippen molar-refractivity contribution in [2.45, 2.75) is 90.4 Å². The van der Waals surface area contributed by atoms with Crippen LogP contribution in [0.15, 0.2) is 16.8 Å². The molecule has 5 aliphatic rings. The van der Waals surface area contributed by atoms with Crippen LogP contribution in [0, 0.1) is 28.6 Å². The van der Waals surface area contributed by atoms with Gasteiger partial charge in [-0.2, -0.15) is 0 Å². The number of carbonyl (C=O) groups is 1. The summed E-state index contributed by atoms with van der Waals surface area (Å²) in [5.74, 6) is 1.84. The minimum absolute atomic E-state index is 0.0569. The van der Waals surface area contributed by atoms with Crippen molar-refractivity contribution in [2.75, 3.05) is 0 Å². The third kappa shape index (κ3) is 2.17. The van der Waals surface area contributed by atoms with Crippen molar-refractivity contribution < 1.29 is 19.5 Å². The van der Waals surface area contributed by atoms with Gasteiger partial charge in [0, 0.05) is 18.8 Å². The van der Waals surface area contributed by atoms with E-state index in [4.69, 9.17) is 9.47 Å². The number of epoxide rings is 1. The average molecular weight is 388 g/mol. The Kier molecular flexibility index (Phi) is 3.89. The van der Waals surface area contributed by atoms with Gasteiger partial charge in [0.2, 0.25) is 0 Å². The van der Waals surface area contributed by atoms with Gasteiger partial charge in [0.05, 0.1) is 11.8 Å². The van der Waals surface area contributed by atoms with Gasteiger partial charge < -0.3 is 14.7 Å². The molecule has 5 heteroatoms. The van der Waals surface area contributed by atoms with E-state index in [-0.39, 0.29) is 34.6 Å². The van der Waals surface area contributed by atoms with Crippen LogP contribution in [0.2, 0.25) is 0 Å². The summed E-state index contributed by atoms with van der Waals surface area (Å²) in [7, 11) is 0. The molecule has 28 heavy (non-hydrogen) atoms. The highest BCUT2D eigenvalue weighted by Crippen LogP contribution is 2.73. The van der Waals surface area contributed by atoms with Crippen LogP contribution in [-0.2, 0) is 14.3 Å². The van der Waals surface area contributed by atoms with E-state index in [2.05, 4.69) is 25.1 Å². The topological polar surface area (TPSA) is 71.4 Å². The summed E-state index contributed by atoms with van der Waals surface area (Å²) < 4.78 is 11.7. The van der Waals surface area contributed by atoms with Gasteiger partial charge in [-0.25, -0.2) is 0 Å². The third-order valence-corrected chi connectivity index (χ3v) is 9.51. The van der Waals surface area contributed by atoms with E-state index in [1.54, 1.807) is 0 Å². The van der Waals surface area contributed by atoms with Gasteiger partial charge in [-0.3, -0.25) is 4.79 Å². The van der Waals surface area contributed by atoms with Gasteiger partial charge in [0.15, 0.2) is 0 Å². The van der Waals surface area contributed by atoms with Crippen LogP contribution in [-0.4, -0.2) is 34.7 Å². The number of esters is 1. The van der Waals surface area contributed by atoms with Crippen molar-refractivity contribution in [3.63, 3.8) is 0 Å². The molecule has 4 aliphatic carbocycles. The maximum Gasteiger partial charge on any atom is 0.302 e. The van der Waals surface area contributed by atoms with Gasteiger partial charge in [0.1, 0.15) is 11.7 Å². The monoisotopic (exact) mass is 387 g/mol. The summed E-state index contributed by atoms with van der Waals surface area (Å²) in [4.78, 5) is 11.4. The Bertz CT molecular complexity index is 775. The van der Waals surface area contributed by atoms with Crippen LogP contribution in [0.5, 0.6) is 0 Å². The molecule has 0 spiro atoms. The summed E-state index contributed by atoms with van der Waals surface area (Å²) in [6, 6.07) is 0. The SMILES string of the molecule is CC(=O)O[C@H]1CC[C@@]2(C)C(=CC[C@@H]3[C@@H]2CC[C@@]2(C)[C@H]3C[C@@H]3O[C@]32/C(C)=N/O)C1. The Morgan fingerprint density at radius 1 is 1.25 bits per heavy atom. The van der Waals surface area contributed by atoms with Gasteiger partial charge in [-0.1, -0.05) is 30.7 Å². The molecule has 0 aromatic heterocycles. The second-order valence-corrected chi connectivity index (χ2v) is 10.5. The fraction of sp³-hybridized carbons (Fsp3) is 0.826. The van der Waals surface area contributed by atoms with E-state index in [0.717, 1.165) is 44.2 Å². The van der Waals surface area contributed by atoms with Gasteiger partial charge in [-0.05, 0) is 68.6 Å². The van der Waals surface area contributed by atoms with E-state index in [9.17, 15) is 10.0 Å². The fourth-order valence-corrected chi connectivity index (χ4v) is 8.12. The molecule has 0 amide bonds. The van der Waals surface area contributed by atoms with E-state index in [0.29, 0.717) is 17.8 Å². The normalized spacial score (nSPS) is 51.9. The molecule has 1 saturated heterocycles. The summed E-state index contributed by atoms with van der Waals surface area (Å²) in [5.41, 5.74) is 2.28. The molecular formula is C23H33NO4. The summed E-state index contributed by atoms with van der Waals surface area (Å²) in [6.45, 7) is 8.29. The molecule has 1 N–H and O–H groups in total. The Labute approximate surface area is 167 Å². The number of nitrogens with zero attached hydrogens (tertiary/aromatic N) is 1. The van der Waals surface area contributed by atoms with E-state index in [1.807, 2.05) is 6.92 Å². The van der Waals surface area contributed by atoms with Crippen LogP contribution in [0.1, 0.15) is 72.6 Å². The maximum absolute atomic E-state index is 11.4. The second-order valence-electron chi connectivity index (χ2n) is 10.5. The summed E-state index contributed by atoms with van der Waals surface area (Å²) >= 11 is 0. The molecule has 0 radical (unpaired) electrons. The molecule has 0 aromatic rings. The average Bonchev–Trinajstić information content (AvgIpc) is 3.33. The first-order valence-corrected chi connectivity index (χ1v) is 11.0. The number of oxime groups is 1. The molecule has 0 bridgehead atoms. The predicted octanol–water partition coefficient (Wildman–Crippen LogP) is 4.48. The Balaban J connectivity index is 1.43. The van der Waals surface area contributed by atoms with Gasteiger partial charge >= 0.3 is 5.97 Å². The van der Waals surface area contributed by atoms with Gasteiger partial charge in [-0.15, -0.1) is 0 Å². The summed E-state index contributed by atoms with van der Waals surface area (Å²) in [6.07, 6.45) is 10.3. The number of hydrogen-bond acceptors (Lipinski definition) is 5. The standard InChI is InChI=1S/C23H33NO4/c1-13(24-26)23-20(28-23)12-19-17-6-5-15-11-16(27-14(2)25)7-9-21(15,3)18(17)8-10-22(19,23)4/h5,16-20,26H,6-12H2,1-4H3/b24-13+/t16-,17+,18-,19-,20-,21-,22-,23+/m0/s1. The molecule has 0 aromatic carbocycles. The highest BCUT2D eigenvalue weighted by atomic mass is 16.6. The first-order valence-electron chi connectivity index (χ1n) is 11.0. The van der Waals surface area contributed by atoms with Crippen molar-refractivity contribution in [1.82, 2.24) is 0 Å². The quantitative estimate of drug-likeness (QED) is 0.189. The fourth-order valence-electron chi connectivity index (χ4n) is 8.12. The van der Waals surface area contributed by atoms with Crippen LogP contribution in [0.4, 0.5) is 0 Å². The molecule has 5 nitrogen and oxygen atoms in total. The molecule has 8 atom stereocenters. The minimum atomic E-state index is -0.324. The van der Waals surface area contributed by atoms with E-state index >= 15 is 0 Å². The molecule has 154 valence electrons. The molecule has 0 unspecified atom stereocenters. The Hall–Kier alpha value is -1.36. The van der Waals surface area contributed by atoms with E-state index < -0.39 is 0 Å². The first kappa shape index (κ1) is 18.7. The Morgan fingerprint density at radius 3 is 2.75 bits per heavy atom. The molecule has 4 fully saturated rings. The summed E-state index contributed by atoms with van der Waals surface area (Å²) in [5, 5.41) is 13.0. The van der Waals surface area contributed by atoms with Crippen LogP contribution >= 0.6 is 0 Å². The zero-order chi connectivity index (χ0) is 19.9. The Morgan fingerprint density at radius 2 is 2.04 bits per heavy atom. The van der Waals surface area contributed by atoms with Crippen LogP contribution in [0.25, 0.3) is 0 Å². The largest absolute Gasteiger partial charge is 0.462 e. The lowest BCUT2D eigenvalue weighted by molar-refractivity contribution is -0.148. The zero-order valence-corrected chi connectivity index (χ0v) is 17.5. The molecular weight excluding hydrogens is 354 g/mol. The van der Waals surface area contributed by atoms with Crippen molar-refractivity contribution in [1.29, 1.82) is 0 Å². The van der Waals surface area contributed by atoms with Crippen LogP contribution < -0.4 is 0 Å². The predicted molar refractivity (Wildman–Crippen MR) is 105 cm³/mol. The second kappa shape index (κ2) is 5.84. The molecule has 1 aliphatic heterocycles. The van der Waals surface area contributed by atoms with Crippen molar-refractivity contribution in [3.8, 4) is 0 Å². The zero-order valence-electron chi connectivity index (χ0n) is 17.5. The molecule has 1 heterocycles. The van der Waals surface area contributed by atoms with Crippen molar-refractivity contribution in [3.05, 3.63) is 11.6 Å². The maximum atomic E-state index is 11.4. The van der Waals surface area contributed by atoms with E-state index in [1.165, 1.54) is 18.9 Å². The van der Waals surface area contributed by atoms with Gasteiger partial charge in [0.25, 0.3) is 0 Å². The lowest BCUT2D eigenvalue weighted by atomic mass is 9.47. The number of carbonyl (C=O) groups excluding carboxylic acids is 1. The van der Waals surface area contributed by atoms with Crippen molar-refractivity contribution >= 4 is 11.7 Å². The molecule has 3 saturated carbocycles.